The van der Waals surface area contributed by atoms with Crippen LogP contribution >= 0.6 is 0 Å². The number of H-pyrrole nitrogens is 1. The van der Waals surface area contributed by atoms with Crippen molar-refractivity contribution in [2.45, 2.75) is 37.5 Å². The van der Waals surface area contributed by atoms with Gasteiger partial charge in [0.25, 0.3) is 10.0 Å². The van der Waals surface area contributed by atoms with Crippen LogP contribution in [-0.4, -0.2) is 20.4 Å². The fourth-order valence-electron chi connectivity index (χ4n) is 3.60. The van der Waals surface area contributed by atoms with Gasteiger partial charge in [0, 0.05) is 23.6 Å². The zero-order chi connectivity index (χ0) is 17.6. The van der Waals surface area contributed by atoms with Crippen LogP contribution in [-0.2, 0) is 22.9 Å². The molecule has 2 aromatic carbocycles. The highest BCUT2D eigenvalue weighted by Gasteiger charge is 2.23. The first-order valence-corrected chi connectivity index (χ1v) is 10.1. The molecule has 1 aromatic heterocycles. The average molecular weight is 354 g/mol. The fourth-order valence-corrected chi connectivity index (χ4v) is 4.82. The summed E-state index contributed by atoms with van der Waals surface area (Å²) in [4.78, 5) is 3.80. The Kier molecular flexibility index (Phi) is 3.84. The third-order valence-corrected chi connectivity index (χ3v) is 6.91. The van der Waals surface area contributed by atoms with Crippen LogP contribution in [0.1, 0.15) is 29.7 Å². The SMILES string of the molecule is Cc1ccc(N(C)S(=O)(=O)c2ccc3[nH]c4c(c3c2)CCCC4)cc1. The number of anilines is 1. The Morgan fingerprint density at radius 1 is 1.00 bits per heavy atom. The first kappa shape index (κ1) is 16.2. The van der Waals surface area contributed by atoms with E-state index in [2.05, 4.69) is 4.98 Å². The van der Waals surface area contributed by atoms with Crippen molar-refractivity contribution in [3.05, 3.63) is 59.3 Å². The van der Waals surface area contributed by atoms with Crippen molar-refractivity contribution in [1.29, 1.82) is 0 Å². The van der Waals surface area contributed by atoms with Gasteiger partial charge in [-0.25, -0.2) is 8.42 Å². The van der Waals surface area contributed by atoms with E-state index in [-0.39, 0.29) is 0 Å². The Morgan fingerprint density at radius 2 is 1.72 bits per heavy atom. The molecule has 1 N–H and O–H groups in total. The number of aromatic amines is 1. The van der Waals surface area contributed by atoms with Crippen LogP contribution < -0.4 is 4.31 Å². The number of nitrogens with zero attached hydrogens (tertiary/aromatic N) is 1. The van der Waals surface area contributed by atoms with Crippen LogP contribution in [0.2, 0.25) is 0 Å². The summed E-state index contributed by atoms with van der Waals surface area (Å²) in [5, 5.41) is 1.05. The van der Waals surface area contributed by atoms with Gasteiger partial charge in [-0.1, -0.05) is 17.7 Å². The van der Waals surface area contributed by atoms with Gasteiger partial charge < -0.3 is 4.98 Å². The fraction of sp³-hybridized carbons (Fsp3) is 0.300. The van der Waals surface area contributed by atoms with E-state index in [1.807, 2.05) is 43.3 Å². The summed E-state index contributed by atoms with van der Waals surface area (Å²) in [7, 11) is -1.97. The van der Waals surface area contributed by atoms with Gasteiger partial charge in [-0.2, -0.15) is 0 Å². The highest BCUT2D eigenvalue weighted by molar-refractivity contribution is 7.92. The Hall–Kier alpha value is -2.27. The van der Waals surface area contributed by atoms with E-state index in [9.17, 15) is 8.42 Å². The van der Waals surface area contributed by atoms with Gasteiger partial charge in [0.1, 0.15) is 0 Å². The molecule has 1 aliphatic rings. The number of nitrogens with one attached hydrogen (secondary N) is 1. The molecular weight excluding hydrogens is 332 g/mol. The Morgan fingerprint density at radius 3 is 2.48 bits per heavy atom. The van der Waals surface area contributed by atoms with E-state index >= 15 is 0 Å². The van der Waals surface area contributed by atoms with Gasteiger partial charge in [0.05, 0.1) is 10.6 Å². The number of hydrogen-bond donors (Lipinski definition) is 1. The predicted octanol–water partition coefficient (Wildman–Crippen LogP) is 4.18. The second-order valence-electron chi connectivity index (χ2n) is 6.80. The quantitative estimate of drug-likeness (QED) is 0.767. The molecule has 4 nitrogen and oxygen atoms in total. The topological polar surface area (TPSA) is 53.2 Å². The second-order valence-corrected chi connectivity index (χ2v) is 8.77. The number of benzene rings is 2. The average Bonchev–Trinajstić information content (AvgIpc) is 2.99. The third kappa shape index (κ3) is 2.72. The zero-order valence-electron chi connectivity index (χ0n) is 14.5. The smallest absolute Gasteiger partial charge is 0.264 e. The number of rotatable bonds is 3. The lowest BCUT2D eigenvalue weighted by Crippen LogP contribution is -2.26. The lowest BCUT2D eigenvalue weighted by atomic mass is 9.96. The molecule has 1 heterocycles. The molecule has 0 spiro atoms. The summed E-state index contributed by atoms with van der Waals surface area (Å²) >= 11 is 0. The Balaban J connectivity index is 1.78. The van der Waals surface area contributed by atoms with Crippen molar-refractivity contribution >= 4 is 26.6 Å². The molecule has 4 rings (SSSR count). The maximum atomic E-state index is 13.1. The van der Waals surface area contributed by atoms with Crippen LogP contribution in [0.25, 0.3) is 10.9 Å². The molecule has 0 aliphatic heterocycles. The minimum atomic E-state index is -3.58. The number of hydrogen-bond acceptors (Lipinski definition) is 2. The van der Waals surface area contributed by atoms with Gasteiger partial charge >= 0.3 is 0 Å². The standard InChI is InChI=1S/C20H22N2O2S/c1-14-7-9-15(10-8-14)22(2)25(23,24)16-11-12-20-18(13-16)17-5-3-4-6-19(17)21-20/h7-13,21H,3-6H2,1-2H3. The normalized spacial score (nSPS) is 14.5. The lowest BCUT2D eigenvalue weighted by Gasteiger charge is -2.20. The number of aromatic nitrogens is 1. The molecule has 0 bridgehead atoms. The highest BCUT2D eigenvalue weighted by Crippen LogP contribution is 2.32. The van der Waals surface area contributed by atoms with Crippen molar-refractivity contribution < 1.29 is 8.42 Å². The highest BCUT2D eigenvalue weighted by atomic mass is 32.2. The van der Waals surface area contributed by atoms with Crippen LogP contribution in [0.3, 0.4) is 0 Å². The molecule has 0 saturated heterocycles. The van der Waals surface area contributed by atoms with E-state index in [1.54, 1.807) is 13.1 Å². The number of fused-ring (bicyclic) bond motifs is 3. The molecule has 3 aromatic rings. The molecule has 25 heavy (non-hydrogen) atoms. The monoisotopic (exact) mass is 354 g/mol. The van der Waals surface area contributed by atoms with E-state index in [4.69, 9.17) is 0 Å². The molecular formula is C20H22N2O2S. The first-order valence-electron chi connectivity index (χ1n) is 8.66. The minimum Gasteiger partial charge on any atom is -0.358 e. The number of sulfonamides is 1. The second kappa shape index (κ2) is 5.92. The third-order valence-electron chi connectivity index (χ3n) is 5.13. The number of aryl methyl sites for hydroxylation is 3. The largest absolute Gasteiger partial charge is 0.358 e. The maximum absolute atomic E-state index is 13.1. The van der Waals surface area contributed by atoms with Crippen LogP contribution in [0.5, 0.6) is 0 Å². The van der Waals surface area contributed by atoms with E-state index in [0.717, 1.165) is 29.3 Å². The summed E-state index contributed by atoms with van der Waals surface area (Å²) in [6, 6.07) is 12.9. The van der Waals surface area contributed by atoms with Crippen LogP contribution in [0.15, 0.2) is 47.4 Å². The molecule has 0 atom stereocenters. The molecule has 0 amide bonds. The van der Waals surface area contributed by atoms with Crippen molar-refractivity contribution in [2.75, 3.05) is 11.4 Å². The zero-order valence-corrected chi connectivity index (χ0v) is 15.4. The van der Waals surface area contributed by atoms with Gasteiger partial charge in [-0.3, -0.25) is 4.31 Å². The Bertz CT molecular complexity index is 1030. The summed E-state index contributed by atoms with van der Waals surface area (Å²) < 4.78 is 27.5. The summed E-state index contributed by atoms with van der Waals surface area (Å²) in [6.45, 7) is 1.99. The van der Waals surface area contributed by atoms with E-state index in [0.29, 0.717) is 10.6 Å². The van der Waals surface area contributed by atoms with E-state index < -0.39 is 10.0 Å². The van der Waals surface area contributed by atoms with Crippen molar-refractivity contribution in [3.8, 4) is 0 Å². The van der Waals surface area contributed by atoms with Gasteiger partial charge in [0.15, 0.2) is 0 Å². The first-order chi connectivity index (χ1) is 12.0. The van der Waals surface area contributed by atoms with Crippen LogP contribution in [0.4, 0.5) is 5.69 Å². The summed E-state index contributed by atoms with van der Waals surface area (Å²) in [5.41, 5.74) is 5.36. The molecule has 0 saturated carbocycles. The molecule has 0 radical (unpaired) electrons. The van der Waals surface area contributed by atoms with Gasteiger partial charge in [-0.15, -0.1) is 0 Å². The van der Waals surface area contributed by atoms with Crippen molar-refractivity contribution in [3.63, 3.8) is 0 Å². The summed E-state index contributed by atoms with van der Waals surface area (Å²) in [6.07, 6.45) is 4.43. The predicted molar refractivity (Wildman–Crippen MR) is 102 cm³/mol. The van der Waals surface area contributed by atoms with Crippen molar-refractivity contribution in [2.24, 2.45) is 0 Å². The molecule has 5 heteroatoms. The Labute approximate surface area is 148 Å². The van der Waals surface area contributed by atoms with Gasteiger partial charge in [-0.05, 0) is 68.5 Å². The lowest BCUT2D eigenvalue weighted by molar-refractivity contribution is 0.594. The van der Waals surface area contributed by atoms with Gasteiger partial charge in [0.2, 0.25) is 0 Å². The molecule has 130 valence electrons. The molecule has 1 aliphatic carbocycles. The molecule has 0 unspecified atom stereocenters. The maximum Gasteiger partial charge on any atom is 0.264 e. The molecule has 0 fully saturated rings. The van der Waals surface area contributed by atoms with Crippen molar-refractivity contribution in [1.82, 2.24) is 4.98 Å². The minimum absolute atomic E-state index is 0.343. The summed E-state index contributed by atoms with van der Waals surface area (Å²) in [5.74, 6) is 0. The van der Waals surface area contributed by atoms with E-state index in [1.165, 1.54) is 28.4 Å². The van der Waals surface area contributed by atoms with Crippen LogP contribution in [0, 0.1) is 6.92 Å².